The van der Waals surface area contributed by atoms with E-state index >= 15 is 0 Å². The van der Waals surface area contributed by atoms with Gasteiger partial charge in [-0.3, -0.25) is 4.79 Å². The lowest BCUT2D eigenvalue weighted by atomic mass is 9.98. The van der Waals surface area contributed by atoms with Gasteiger partial charge in [0.15, 0.2) is 6.61 Å². The first-order valence-electron chi connectivity index (χ1n) is 8.55. The molecule has 3 heteroatoms. The normalized spacial score (nSPS) is 10.9. The number of anilines is 1. The van der Waals surface area contributed by atoms with Crippen LogP contribution < -0.4 is 10.1 Å². The summed E-state index contributed by atoms with van der Waals surface area (Å²) in [7, 11) is 0. The van der Waals surface area contributed by atoms with Crippen molar-refractivity contribution in [2.45, 2.75) is 26.7 Å². The van der Waals surface area contributed by atoms with Crippen LogP contribution in [0, 0.1) is 6.92 Å². The molecule has 0 aliphatic carbocycles. The third kappa shape index (κ3) is 4.00. The molecule has 0 aliphatic rings. The van der Waals surface area contributed by atoms with E-state index in [4.69, 9.17) is 4.74 Å². The highest BCUT2D eigenvalue weighted by atomic mass is 16.5. The number of fused-ring (bicyclic) bond motifs is 1. The molecule has 0 heterocycles. The lowest BCUT2D eigenvalue weighted by Gasteiger charge is -2.13. The molecule has 0 bridgehead atoms. The van der Waals surface area contributed by atoms with Crippen molar-refractivity contribution in [2.24, 2.45) is 0 Å². The number of carbonyl (C=O) groups is 1. The Morgan fingerprint density at radius 3 is 2.56 bits per heavy atom. The highest BCUT2D eigenvalue weighted by molar-refractivity contribution is 6.02. The Morgan fingerprint density at radius 2 is 1.80 bits per heavy atom. The number of nitrogens with one attached hydrogen (secondary N) is 1. The predicted molar refractivity (Wildman–Crippen MR) is 103 cm³/mol. The molecule has 3 aromatic rings. The van der Waals surface area contributed by atoms with Crippen LogP contribution in [0.2, 0.25) is 0 Å². The van der Waals surface area contributed by atoms with Gasteiger partial charge in [0.2, 0.25) is 0 Å². The van der Waals surface area contributed by atoms with E-state index in [9.17, 15) is 4.79 Å². The molecule has 3 nitrogen and oxygen atoms in total. The number of hydrogen-bond donors (Lipinski definition) is 1. The molecule has 0 atom stereocenters. The fourth-order valence-corrected chi connectivity index (χ4v) is 3.06. The van der Waals surface area contributed by atoms with Crippen molar-refractivity contribution in [1.82, 2.24) is 0 Å². The minimum absolute atomic E-state index is 0.0102. The van der Waals surface area contributed by atoms with Gasteiger partial charge >= 0.3 is 0 Å². The molecule has 0 aromatic heterocycles. The summed E-state index contributed by atoms with van der Waals surface area (Å²) in [5, 5.41) is 5.06. The SMILES string of the molecule is Cc1cc(OCC(=O)Nc2cccc3ccccc23)ccc1C(C)C. The Labute approximate surface area is 148 Å². The molecule has 3 aromatic carbocycles. The van der Waals surface area contributed by atoms with E-state index in [-0.39, 0.29) is 12.5 Å². The minimum Gasteiger partial charge on any atom is -0.484 e. The molecule has 0 unspecified atom stereocenters. The average molecular weight is 333 g/mol. The molecule has 0 saturated heterocycles. The first-order chi connectivity index (χ1) is 12.0. The maximum atomic E-state index is 12.3. The highest BCUT2D eigenvalue weighted by Crippen LogP contribution is 2.24. The van der Waals surface area contributed by atoms with E-state index in [0.29, 0.717) is 5.92 Å². The van der Waals surface area contributed by atoms with E-state index in [1.807, 2.05) is 54.6 Å². The number of hydrogen-bond acceptors (Lipinski definition) is 2. The molecule has 1 amide bonds. The summed E-state index contributed by atoms with van der Waals surface area (Å²) >= 11 is 0. The highest BCUT2D eigenvalue weighted by Gasteiger charge is 2.08. The second-order valence-electron chi connectivity index (χ2n) is 6.54. The van der Waals surface area contributed by atoms with Gasteiger partial charge in [-0.05, 0) is 47.6 Å². The maximum absolute atomic E-state index is 12.3. The van der Waals surface area contributed by atoms with Crippen LogP contribution in [0.1, 0.15) is 30.9 Å². The van der Waals surface area contributed by atoms with Gasteiger partial charge in [-0.15, -0.1) is 0 Å². The Kier molecular flexibility index (Phi) is 5.03. The molecule has 0 aliphatic heterocycles. The first-order valence-corrected chi connectivity index (χ1v) is 8.55. The largest absolute Gasteiger partial charge is 0.484 e. The summed E-state index contributed by atoms with van der Waals surface area (Å²) in [5.41, 5.74) is 3.28. The second kappa shape index (κ2) is 7.39. The van der Waals surface area contributed by atoms with Gasteiger partial charge in [-0.2, -0.15) is 0 Å². The van der Waals surface area contributed by atoms with E-state index in [0.717, 1.165) is 22.2 Å². The number of ether oxygens (including phenoxy) is 1. The molecular weight excluding hydrogens is 310 g/mol. The van der Waals surface area contributed by atoms with Crippen molar-refractivity contribution in [1.29, 1.82) is 0 Å². The van der Waals surface area contributed by atoms with Gasteiger partial charge in [0.25, 0.3) is 5.91 Å². The lowest BCUT2D eigenvalue weighted by Crippen LogP contribution is -2.20. The Bertz CT molecular complexity index is 894. The zero-order chi connectivity index (χ0) is 17.8. The van der Waals surface area contributed by atoms with Crippen molar-refractivity contribution < 1.29 is 9.53 Å². The Balaban J connectivity index is 1.66. The zero-order valence-corrected chi connectivity index (χ0v) is 14.9. The molecule has 128 valence electrons. The number of carbonyl (C=O) groups excluding carboxylic acids is 1. The maximum Gasteiger partial charge on any atom is 0.262 e. The van der Waals surface area contributed by atoms with Gasteiger partial charge in [0.1, 0.15) is 5.75 Å². The second-order valence-corrected chi connectivity index (χ2v) is 6.54. The monoisotopic (exact) mass is 333 g/mol. The molecule has 3 rings (SSSR count). The summed E-state index contributed by atoms with van der Waals surface area (Å²) in [6.07, 6.45) is 0. The molecule has 0 fully saturated rings. The van der Waals surface area contributed by atoms with Gasteiger partial charge < -0.3 is 10.1 Å². The lowest BCUT2D eigenvalue weighted by molar-refractivity contribution is -0.118. The summed E-state index contributed by atoms with van der Waals surface area (Å²) in [5.74, 6) is 1.03. The molecule has 1 N–H and O–H groups in total. The van der Waals surface area contributed by atoms with Crippen molar-refractivity contribution in [3.05, 3.63) is 71.8 Å². The minimum atomic E-state index is -0.165. The fourth-order valence-electron chi connectivity index (χ4n) is 3.06. The van der Waals surface area contributed by atoms with E-state index < -0.39 is 0 Å². The zero-order valence-electron chi connectivity index (χ0n) is 14.9. The van der Waals surface area contributed by atoms with Crippen LogP contribution in [0.25, 0.3) is 10.8 Å². The summed E-state index contributed by atoms with van der Waals surface area (Å²) < 4.78 is 5.66. The third-order valence-corrected chi connectivity index (χ3v) is 4.30. The summed E-state index contributed by atoms with van der Waals surface area (Å²) in [4.78, 5) is 12.3. The topological polar surface area (TPSA) is 38.3 Å². The van der Waals surface area contributed by atoms with Gasteiger partial charge in [-0.25, -0.2) is 0 Å². The van der Waals surface area contributed by atoms with Gasteiger partial charge in [0.05, 0.1) is 0 Å². The van der Waals surface area contributed by atoms with Crippen LogP contribution in [-0.4, -0.2) is 12.5 Å². The van der Waals surface area contributed by atoms with Crippen molar-refractivity contribution >= 4 is 22.4 Å². The number of rotatable bonds is 5. The van der Waals surface area contributed by atoms with Gasteiger partial charge in [0, 0.05) is 11.1 Å². The van der Waals surface area contributed by atoms with E-state index in [1.165, 1.54) is 11.1 Å². The number of benzene rings is 3. The van der Waals surface area contributed by atoms with E-state index in [1.54, 1.807) is 0 Å². The molecule has 0 saturated carbocycles. The van der Waals surface area contributed by atoms with Crippen LogP contribution in [0.4, 0.5) is 5.69 Å². The smallest absolute Gasteiger partial charge is 0.262 e. The summed E-state index contributed by atoms with van der Waals surface area (Å²) in [6, 6.07) is 19.8. The van der Waals surface area contributed by atoms with Crippen molar-refractivity contribution in [2.75, 3.05) is 11.9 Å². The summed E-state index contributed by atoms with van der Waals surface area (Å²) in [6.45, 7) is 6.39. The molecule has 0 radical (unpaired) electrons. The van der Waals surface area contributed by atoms with E-state index in [2.05, 4.69) is 32.2 Å². The Morgan fingerprint density at radius 1 is 1.04 bits per heavy atom. The van der Waals surface area contributed by atoms with Crippen molar-refractivity contribution in [3.8, 4) is 5.75 Å². The van der Waals surface area contributed by atoms with Crippen LogP contribution in [0.15, 0.2) is 60.7 Å². The van der Waals surface area contributed by atoms with Crippen LogP contribution in [0.5, 0.6) is 5.75 Å². The van der Waals surface area contributed by atoms with Crippen LogP contribution >= 0.6 is 0 Å². The molecular formula is C22H23NO2. The first kappa shape index (κ1) is 17.0. The predicted octanol–water partition coefficient (Wildman–Crippen LogP) is 5.29. The quantitative estimate of drug-likeness (QED) is 0.689. The number of amides is 1. The Hall–Kier alpha value is -2.81. The molecule has 25 heavy (non-hydrogen) atoms. The van der Waals surface area contributed by atoms with Crippen LogP contribution in [-0.2, 0) is 4.79 Å². The molecule has 0 spiro atoms. The average Bonchev–Trinajstić information content (AvgIpc) is 2.60. The standard InChI is InChI=1S/C22H23NO2/c1-15(2)19-12-11-18(13-16(19)3)25-14-22(24)23-21-10-6-8-17-7-4-5-9-20(17)21/h4-13,15H,14H2,1-3H3,(H,23,24). The number of aryl methyl sites for hydroxylation is 1. The van der Waals surface area contributed by atoms with Gasteiger partial charge in [-0.1, -0.05) is 56.3 Å². The fraction of sp³-hybridized carbons (Fsp3) is 0.227. The van der Waals surface area contributed by atoms with Crippen LogP contribution in [0.3, 0.4) is 0 Å². The van der Waals surface area contributed by atoms with Crippen molar-refractivity contribution in [3.63, 3.8) is 0 Å². The third-order valence-electron chi connectivity index (χ3n) is 4.30.